The van der Waals surface area contributed by atoms with Gasteiger partial charge in [-0.2, -0.15) is 0 Å². The van der Waals surface area contributed by atoms with E-state index in [1.165, 1.54) is 0 Å². The molecule has 0 fully saturated rings. The maximum Gasteiger partial charge on any atom is 0.336 e. The predicted molar refractivity (Wildman–Crippen MR) is 177 cm³/mol. The van der Waals surface area contributed by atoms with Crippen molar-refractivity contribution in [1.29, 1.82) is 0 Å². The predicted octanol–water partition coefficient (Wildman–Crippen LogP) is 6.28. The topological polar surface area (TPSA) is 191 Å². The summed E-state index contributed by atoms with van der Waals surface area (Å²) in [5.74, 6) is -5.85. The zero-order chi connectivity index (χ0) is 35.9. The van der Waals surface area contributed by atoms with Gasteiger partial charge in [0.15, 0.2) is 0 Å². The van der Waals surface area contributed by atoms with Gasteiger partial charge in [0.05, 0.1) is 36.5 Å². The Morgan fingerprint density at radius 3 is 1.00 bits per heavy atom. The lowest BCUT2D eigenvalue weighted by molar-refractivity contribution is -0.138. The SMILES string of the molecule is C=CC(=O)OCCCCCCc1c(CCCCCCOC(=O)C=C)c(C(=O)O)c(C(=O)O)c(CCCCCCOC(=O)C=C)c1C(=O)O. The van der Waals surface area contributed by atoms with E-state index in [0.717, 1.165) is 18.2 Å². The van der Waals surface area contributed by atoms with Gasteiger partial charge in [-0.3, -0.25) is 0 Å². The van der Waals surface area contributed by atoms with Gasteiger partial charge in [-0.05, 0) is 74.5 Å². The summed E-state index contributed by atoms with van der Waals surface area (Å²) >= 11 is 0. The van der Waals surface area contributed by atoms with Crippen LogP contribution in [0.1, 0.15) is 125 Å². The highest BCUT2D eigenvalue weighted by Crippen LogP contribution is 2.33. The van der Waals surface area contributed by atoms with Gasteiger partial charge in [0.1, 0.15) is 0 Å². The Hall–Kier alpha value is -4.74. The molecule has 0 heterocycles. The quantitative estimate of drug-likeness (QED) is 0.0411. The minimum atomic E-state index is -1.51. The molecule has 0 saturated carbocycles. The Morgan fingerprint density at radius 1 is 0.417 bits per heavy atom. The van der Waals surface area contributed by atoms with E-state index in [1.807, 2.05) is 0 Å². The zero-order valence-electron chi connectivity index (χ0n) is 27.6. The molecule has 48 heavy (non-hydrogen) atoms. The van der Waals surface area contributed by atoms with Gasteiger partial charge in [0, 0.05) is 18.2 Å². The normalized spacial score (nSPS) is 10.5. The highest BCUT2D eigenvalue weighted by atomic mass is 16.5. The number of hydrogen-bond acceptors (Lipinski definition) is 9. The molecule has 1 aromatic carbocycles. The number of aromatic carboxylic acids is 3. The van der Waals surface area contributed by atoms with Crippen molar-refractivity contribution >= 4 is 35.8 Å². The standard InChI is InChI=1S/C36H48O12/c1-4-28(37)46-22-16-10-7-13-19-25-26(20-14-8-11-17-23-47-29(38)5-2)32(35(42)43)33(36(44)45)27(31(25)34(40)41)21-15-9-12-18-24-48-30(39)6-3/h4-6H,1-3,7-24H2,(H,40,41)(H,42,43)(H,44,45). The Morgan fingerprint density at radius 2 is 0.688 bits per heavy atom. The first-order chi connectivity index (χ1) is 23.0. The molecule has 0 bridgehead atoms. The molecule has 0 aliphatic carbocycles. The third-order valence-electron chi connectivity index (χ3n) is 7.66. The molecule has 0 spiro atoms. The summed E-state index contributed by atoms with van der Waals surface area (Å²) in [5.41, 5.74) is -0.519. The van der Waals surface area contributed by atoms with Crippen molar-refractivity contribution in [2.24, 2.45) is 0 Å². The Balaban J connectivity index is 3.33. The average Bonchev–Trinajstić information content (AvgIpc) is 3.05. The van der Waals surface area contributed by atoms with Crippen LogP contribution in [-0.2, 0) is 47.9 Å². The summed E-state index contributed by atoms with van der Waals surface area (Å²) in [4.78, 5) is 71.9. The molecule has 0 atom stereocenters. The number of carboxylic acid groups (broad SMARTS) is 3. The molecule has 0 aliphatic heterocycles. The second-order valence-electron chi connectivity index (χ2n) is 11.1. The second-order valence-corrected chi connectivity index (χ2v) is 11.1. The number of carbonyl (C=O) groups is 6. The lowest BCUT2D eigenvalue weighted by Crippen LogP contribution is -2.22. The molecular weight excluding hydrogens is 624 g/mol. The highest BCUT2D eigenvalue weighted by Gasteiger charge is 2.32. The molecule has 1 rings (SSSR count). The van der Waals surface area contributed by atoms with Gasteiger partial charge >= 0.3 is 35.8 Å². The van der Waals surface area contributed by atoms with Gasteiger partial charge < -0.3 is 29.5 Å². The number of rotatable bonds is 27. The van der Waals surface area contributed by atoms with Crippen LogP contribution in [-0.4, -0.2) is 71.0 Å². The molecule has 0 aromatic heterocycles. The maximum absolute atomic E-state index is 12.8. The number of carboxylic acids is 3. The van der Waals surface area contributed by atoms with E-state index in [1.54, 1.807) is 0 Å². The third-order valence-corrected chi connectivity index (χ3v) is 7.66. The van der Waals surface area contributed by atoms with Gasteiger partial charge in [-0.1, -0.05) is 58.3 Å². The van der Waals surface area contributed by atoms with Crippen LogP contribution in [0.15, 0.2) is 38.0 Å². The molecule has 3 N–H and O–H groups in total. The Kier molecular flexibility index (Phi) is 20.3. The van der Waals surface area contributed by atoms with E-state index in [2.05, 4.69) is 19.7 Å². The van der Waals surface area contributed by atoms with Crippen molar-refractivity contribution in [2.75, 3.05) is 19.8 Å². The molecule has 12 heteroatoms. The molecule has 0 unspecified atom stereocenters. The fourth-order valence-corrected chi connectivity index (χ4v) is 5.41. The van der Waals surface area contributed by atoms with Crippen molar-refractivity contribution in [3.05, 3.63) is 71.3 Å². The van der Waals surface area contributed by atoms with E-state index in [9.17, 15) is 44.1 Å². The lowest BCUT2D eigenvalue weighted by Gasteiger charge is -2.22. The first-order valence-electron chi connectivity index (χ1n) is 16.3. The molecule has 0 aliphatic rings. The van der Waals surface area contributed by atoms with Crippen molar-refractivity contribution in [1.82, 2.24) is 0 Å². The minimum Gasteiger partial charge on any atom is -0.478 e. The molecule has 1 aromatic rings. The van der Waals surface area contributed by atoms with Crippen LogP contribution < -0.4 is 0 Å². The van der Waals surface area contributed by atoms with E-state index in [4.69, 9.17) is 14.2 Å². The van der Waals surface area contributed by atoms with Gasteiger partial charge in [-0.15, -0.1) is 0 Å². The smallest absolute Gasteiger partial charge is 0.336 e. The second kappa shape index (κ2) is 23.6. The van der Waals surface area contributed by atoms with E-state index < -0.39 is 41.4 Å². The van der Waals surface area contributed by atoms with Crippen molar-refractivity contribution in [2.45, 2.75) is 96.3 Å². The van der Waals surface area contributed by atoms with Gasteiger partial charge in [-0.25, -0.2) is 28.8 Å². The van der Waals surface area contributed by atoms with Crippen LogP contribution in [0, 0.1) is 0 Å². The summed E-state index contributed by atoms with van der Waals surface area (Å²) in [6, 6.07) is 0. The van der Waals surface area contributed by atoms with E-state index in [-0.39, 0.29) is 61.3 Å². The van der Waals surface area contributed by atoms with Crippen molar-refractivity contribution < 1.29 is 58.3 Å². The minimum absolute atomic E-state index is 0.00962. The molecule has 264 valence electrons. The van der Waals surface area contributed by atoms with Crippen LogP contribution in [0.25, 0.3) is 0 Å². The summed E-state index contributed by atoms with van der Waals surface area (Å²) in [5, 5.41) is 31.0. The molecule has 0 amide bonds. The monoisotopic (exact) mass is 672 g/mol. The largest absolute Gasteiger partial charge is 0.478 e. The number of hydrogen-bond donors (Lipinski definition) is 3. The Bertz CT molecular complexity index is 1310. The van der Waals surface area contributed by atoms with Crippen LogP contribution in [0.5, 0.6) is 0 Å². The first kappa shape index (κ1) is 41.3. The molecule has 12 nitrogen and oxygen atoms in total. The molecule has 0 radical (unpaired) electrons. The fourth-order valence-electron chi connectivity index (χ4n) is 5.41. The molecular formula is C36H48O12. The van der Waals surface area contributed by atoms with E-state index >= 15 is 0 Å². The number of benzene rings is 1. The number of esters is 3. The summed E-state index contributed by atoms with van der Waals surface area (Å²) in [7, 11) is 0. The van der Waals surface area contributed by atoms with Crippen molar-refractivity contribution in [3.8, 4) is 0 Å². The fraction of sp³-hybridized carbons (Fsp3) is 0.500. The summed E-state index contributed by atoms with van der Waals surface area (Å²) in [6.45, 7) is 10.6. The summed E-state index contributed by atoms with van der Waals surface area (Å²) < 4.78 is 14.9. The van der Waals surface area contributed by atoms with Crippen LogP contribution in [0.2, 0.25) is 0 Å². The zero-order valence-corrected chi connectivity index (χ0v) is 27.6. The van der Waals surface area contributed by atoms with Crippen LogP contribution in [0.4, 0.5) is 0 Å². The van der Waals surface area contributed by atoms with E-state index in [0.29, 0.717) is 82.6 Å². The van der Waals surface area contributed by atoms with Gasteiger partial charge in [0.25, 0.3) is 0 Å². The van der Waals surface area contributed by atoms with Gasteiger partial charge in [0.2, 0.25) is 0 Å². The lowest BCUT2D eigenvalue weighted by atomic mass is 9.81. The average molecular weight is 673 g/mol. The first-order valence-corrected chi connectivity index (χ1v) is 16.3. The number of ether oxygens (including phenoxy) is 3. The number of carbonyl (C=O) groups excluding carboxylic acids is 3. The maximum atomic E-state index is 12.8. The Labute approximate surface area is 281 Å². The highest BCUT2D eigenvalue weighted by molar-refractivity contribution is 6.07. The number of unbranched alkanes of at least 4 members (excludes halogenated alkanes) is 9. The summed E-state index contributed by atoms with van der Waals surface area (Å²) in [6.07, 6.45) is 10.5. The van der Waals surface area contributed by atoms with Crippen molar-refractivity contribution in [3.63, 3.8) is 0 Å². The van der Waals surface area contributed by atoms with Crippen LogP contribution >= 0.6 is 0 Å². The molecule has 0 saturated heterocycles. The third kappa shape index (κ3) is 14.8. The van der Waals surface area contributed by atoms with Crippen LogP contribution in [0.3, 0.4) is 0 Å².